The molecule has 1 aliphatic rings. The normalized spacial score (nSPS) is 16.9. The average Bonchev–Trinajstić information content (AvgIpc) is 2.99. The Balaban J connectivity index is 2.34. The number of aliphatic hydroxyl groups excluding tert-OH is 1. The zero-order valence-electron chi connectivity index (χ0n) is 9.15. The standard InChI is InChI=1S/C11H18N2O2/c1-9(14)3-6-11(15)13(8-2-7-12)10-4-5-10/h9-10,14H,2-6,8H2,1H3. The first-order valence-corrected chi connectivity index (χ1v) is 5.49. The lowest BCUT2D eigenvalue weighted by Crippen LogP contribution is -2.34. The van der Waals surface area contributed by atoms with Crippen LogP contribution in [-0.2, 0) is 4.79 Å². The molecule has 1 rings (SSSR count). The van der Waals surface area contributed by atoms with Crippen LogP contribution >= 0.6 is 0 Å². The minimum absolute atomic E-state index is 0.0775. The van der Waals surface area contributed by atoms with Gasteiger partial charge in [-0.2, -0.15) is 5.26 Å². The Bertz CT molecular complexity index is 254. The van der Waals surface area contributed by atoms with Crippen LogP contribution in [0.2, 0.25) is 0 Å². The van der Waals surface area contributed by atoms with Crippen LogP contribution in [0.3, 0.4) is 0 Å². The van der Waals surface area contributed by atoms with Gasteiger partial charge in [0.2, 0.25) is 5.91 Å². The van der Waals surface area contributed by atoms with E-state index in [1.165, 1.54) is 0 Å². The molecule has 15 heavy (non-hydrogen) atoms. The van der Waals surface area contributed by atoms with Gasteiger partial charge < -0.3 is 10.0 Å². The zero-order valence-corrected chi connectivity index (χ0v) is 9.15. The van der Waals surface area contributed by atoms with Gasteiger partial charge in [0.15, 0.2) is 0 Å². The van der Waals surface area contributed by atoms with Gasteiger partial charge in [0.25, 0.3) is 0 Å². The summed E-state index contributed by atoms with van der Waals surface area (Å²) < 4.78 is 0. The summed E-state index contributed by atoms with van der Waals surface area (Å²) >= 11 is 0. The van der Waals surface area contributed by atoms with Crippen LogP contribution in [0.5, 0.6) is 0 Å². The molecule has 1 fully saturated rings. The first-order chi connectivity index (χ1) is 7.15. The van der Waals surface area contributed by atoms with E-state index in [0.29, 0.717) is 31.8 Å². The summed E-state index contributed by atoms with van der Waals surface area (Å²) in [6.07, 6.45) is 2.99. The Hall–Kier alpha value is -1.08. The fourth-order valence-electron chi connectivity index (χ4n) is 1.54. The van der Waals surface area contributed by atoms with E-state index in [2.05, 4.69) is 6.07 Å². The van der Waals surface area contributed by atoms with E-state index in [1.807, 2.05) is 0 Å². The molecule has 0 spiro atoms. The Kier molecular flexibility index (Phi) is 4.57. The maximum Gasteiger partial charge on any atom is 0.222 e. The number of carbonyl (C=O) groups excluding carboxylic acids is 1. The Morgan fingerprint density at radius 2 is 2.33 bits per heavy atom. The van der Waals surface area contributed by atoms with Gasteiger partial charge in [-0.3, -0.25) is 4.79 Å². The second-order valence-corrected chi connectivity index (χ2v) is 4.11. The van der Waals surface area contributed by atoms with E-state index in [0.717, 1.165) is 12.8 Å². The fraction of sp³-hybridized carbons (Fsp3) is 0.818. The van der Waals surface area contributed by atoms with Crippen molar-refractivity contribution in [1.29, 1.82) is 5.26 Å². The summed E-state index contributed by atoms with van der Waals surface area (Å²) in [5.74, 6) is 0.0775. The van der Waals surface area contributed by atoms with Crippen molar-refractivity contribution in [2.75, 3.05) is 6.54 Å². The average molecular weight is 210 g/mol. The highest BCUT2D eigenvalue weighted by Gasteiger charge is 2.31. The van der Waals surface area contributed by atoms with E-state index >= 15 is 0 Å². The molecule has 84 valence electrons. The number of carbonyl (C=O) groups is 1. The Morgan fingerprint density at radius 1 is 1.67 bits per heavy atom. The quantitative estimate of drug-likeness (QED) is 0.712. The van der Waals surface area contributed by atoms with E-state index in [9.17, 15) is 4.79 Å². The van der Waals surface area contributed by atoms with Crippen LogP contribution in [0.1, 0.15) is 39.0 Å². The van der Waals surface area contributed by atoms with Crippen LogP contribution in [0.25, 0.3) is 0 Å². The lowest BCUT2D eigenvalue weighted by molar-refractivity contribution is -0.132. The maximum atomic E-state index is 11.7. The minimum Gasteiger partial charge on any atom is -0.393 e. The van der Waals surface area contributed by atoms with E-state index in [1.54, 1.807) is 11.8 Å². The van der Waals surface area contributed by atoms with Crippen molar-refractivity contribution < 1.29 is 9.90 Å². The molecule has 1 saturated carbocycles. The molecule has 0 heterocycles. The molecule has 4 heteroatoms. The summed E-state index contributed by atoms with van der Waals surface area (Å²) in [4.78, 5) is 13.5. The van der Waals surface area contributed by atoms with Crippen LogP contribution in [0.15, 0.2) is 0 Å². The maximum absolute atomic E-state index is 11.7. The van der Waals surface area contributed by atoms with Crippen molar-refractivity contribution in [3.63, 3.8) is 0 Å². The molecule has 0 bridgehead atoms. The summed E-state index contributed by atoms with van der Waals surface area (Å²) in [5.41, 5.74) is 0. The molecule has 0 saturated heterocycles. The molecule has 0 radical (unpaired) electrons. The third-order valence-corrected chi connectivity index (χ3v) is 2.55. The summed E-state index contributed by atoms with van der Waals surface area (Å²) in [6.45, 7) is 2.23. The smallest absolute Gasteiger partial charge is 0.222 e. The fourth-order valence-corrected chi connectivity index (χ4v) is 1.54. The van der Waals surface area contributed by atoms with Gasteiger partial charge in [-0.1, -0.05) is 0 Å². The van der Waals surface area contributed by atoms with Crippen molar-refractivity contribution in [2.24, 2.45) is 0 Å². The van der Waals surface area contributed by atoms with Gasteiger partial charge in [0.1, 0.15) is 0 Å². The molecule has 1 atom stereocenters. The SMILES string of the molecule is CC(O)CCC(=O)N(CCC#N)C1CC1. The van der Waals surface area contributed by atoms with Crippen LogP contribution in [0.4, 0.5) is 0 Å². The van der Waals surface area contributed by atoms with Gasteiger partial charge in [0.05, 0.1) is 18.6 Å². The molecule has 4 nitrogen and oxygen atoms in total. The molecule has 1 amide bonds. The van der Waals surface area contributed by atoms with Gasteiger partial charge >= 0.3 is 0 Å². The molecule has 0 aliphatic heterocycles. The van der Waals surface area contributed by atoms with Gasteiger partial charge in [-0.15, -0.1) is 0 Å². The molecule has 1 aliphatic carbocycles. The predicted molar refractivity (Wildman–Crippen MR) is 55.9 cm³/mol. The Labute approximate surface area is 90.5 Å². The molecule has 0 aromatic carbocycles. The van der Waals surface area contributed by atoms with Crippen molar-refractivity contribution in [3.05, 3.63) is 0 Å². The largest absolute Gasteiger partial charge is 0.393 e. The van der Waals surface area contributed by atoms with Crippen molar-refractivity contribution >= 4 is 5.91 Å². The Morgan fingerprint density at radius 3 is 2.80 bits per heavy atom. The van der Waals surface area contributed by atoms with Crippen molar-refractivity contribution in [1.82, 2.24) is 4.90 Å². The highest BCUT2D eigenvalue weighted by Crippen LogP contribution is 2.27. The van der Waals surface area contributed by atoms with Crippen LogP contribution < -0.4 is 0 Å². The van der Waals surface area contributed by atoms with Gasteiger partial charge in [-0.05, 0) is 26.2 Å². The summed E-state index contributed by atoms with van der Waals surface area (Å²) in [7, 11) is 0. The van der Waals surface area contributed by atoms with Crippen LogP contribution in [0, 0.1) is 11.3 Å². The minimum atomic E-state index is -0.425. The number of amides is 1. The number of rotatable bonds is 6. The number of hydrogen-bond acceptors (Lipinski definition) is 3. The second kappa shape index (κ2) is 5.72. The number of nitriles is 1. The molecular weight excluding hydrogens is 192 g/mol. The highest BCUT2D eigenvalue weighted by molar-refractivity contribution is 5.76. The van der Waals surface area contributed by atoms with Crippen LogP contribution in [-0.4, -0.2) is 34.6 Å². The number of nitrogens with zero attached hydrogens (tertiary/aromatic N) is 2. The lowest BCUT2D eigenvalue weighted by Gasteiger charge is -2.21. The number of aliphatic hydroxyl groups is 1. The van der Waals surface area contributed by atoms with E-state index in [-0.39, 0.29) is 5.91 Å². The van der Waals surface area contributed by atoms with E-state index in [4.69, 9.17) is 10.4 Å². The first-order valence-electron chi connectivity index (χ1n) is 5.49. The third kappa shape index (κ3) is 4.30. The van der Waals surface area contributed by atoms with Gasteiger partial charge in [-0.25, -0.2) is 0 Å². The molecule has 1 unspecified atom stereocenters. The highest BCUT2D eigenvalue weighted by atomic mass is 16.3. The molecule has 0 aromatic rings. The van der Waals surface area contributed by atoms with Crippen molar-refractivity contribution in [3.8, 4) is 6.07 Å². The van der Waals surface area contributed by atoms with E-state index < -0.39 is 6.10 Å². The molecular formula is C11H18N2O2. The number of hydrogen-bond donors (Lipinski definition) is 1. The van der Waals surface area contributed by atoms with Gasteiger partial charge in [0, 0.05) is 19.0 Å². The third-order valence-electron chi connectivity index (χ3n) is 2.55. The lowest BCUT2D eigenvalue weighted by atomic mass is 10.2. The second-order valence-electron chi connectivity index (χ2n) is 4.11. The molecule has 0 aromatic heterocycles. The predicted octanol–water partition coefficient (Wildman–Crippen LogP) is 1.05. The monoisotopic (exact) mass is 210 g/mol. The summed E-state index contributed by atoms with van der Waals surface area (Å²) in [6, 6.07) is 2.42. The summed E-state index contributed by atoms with van der Waals surface area (Å²) in [5, 5.41) is 17.6. The molecule has 1 N–H and O–H groups in total. The first kappa shape index (κ1) is 12.0. The zero-order chi connectivity index (χ0) is 11.3. The van der Waals surface area contributed by atoms with Crippen molar-refractivity contribution in [2.45, 2.75) is 51.2 Å². The topological polar surface area (TPSA) is 64.3 Å².